The van der Waals surface area contributed by atoms with Gasteiger partial charge >= 0.3 is 0 Å². The molecule has 3 rings (SSSR count). The number of aromatic amines is 1. The molecule has 27 heavy (non-hydrogen) atoms. The van der Waals surface area contributed by atoms with Crippen LogP contribution in [-0.4, -0.2) is 43.8 Å². The number of hydrogen-bond donors (Lipinski definition) is 3. The maximum absolute atomic E-state index is 12.2. The van der Waals surface area contributed by atoms with E-state index in [2.05, 4.69) is 20.8 Å². The van der Waals surface area contributed by atoms with Crippen LogP contribution in [-0.2, 0) is 4.79 Å². The van der Waals surface area contributed by atoms with Crippen molar-refractivity contribution in [3.8, 4) is 11.5 Å². The first kappa shape index (κ1) is 18.5. The highest BCUT2D eigenvalue weighted by Crippen LogP contribution is 2.27. The highest BCUT2D eigenvalue weighted by Gasteiger charge is 2.11. The highest BCUT2D eigenvalue weighted by molar-refractivity contribution is 7.17. The molecule has 0 unspecified atom stereocenters. The lowest BCUT2D eigenvalue weighted by molar-refractivity contribution is -0.120. The topological polar surface area (TPSA) is 105 Å². The van der Waals surface area contributed by atoms with Crippen LogP contribution in [0.3, 0.4) is 0 Å². The van der Waals surface area contributed by atoms with Gasteiger partial charge in [0.05, 0.1) is 37.2 Å². The fourth-order valence-corrected chi connectivity index (χ4v) is 3.29. The number of fused-ring (bicyclic) bond motifs is 1. The number of aromatic nitrogens is 1. The summed E-state index contributed by atoms with van der Waals surface area (Å²) in [5, 5.41) is 8.39. The van der Waals surface area contributed by atoms with Crippen LogP contribution in [0, 0.1) is 0 Å². The number of hydrogen-bond acceptors (Lipinski definition) is 6. The van der Waals surface area contributed by atoms with Crippen LogP contribution in [0.1, 0.15) is 15.9 Å². The normalized spacial score (nSPS) is 10.9. The summed E-state index contributed by atoms with van der Waals surface area (Å²) in [6.07, 6.45) is 3.41. The van der Waals surface area contributed by atoms with E-state index >= 15 is 0 Å². The number of thiophene rings is 1. The number of benzene rings is 1. The van der Waals surface area contributed by atoms with Crippen molar-refractivity contribution in [3.05, 3.63) is 47.0 Å². The Balaban J connectivity index is 1.52. The summed E-state index contributed by atoms with van der Waals surface area (Å²) in [5.74, 6) is 0.121. The largest absolute Gasteiger partial charge is 0.493 e. The standard InChI is InChI=1S/C18H18N4O4S/c1-25-13-4-3-11(7-14(13)26-2)18(24)20-9-16(23)22-21-8-12-10-27-15-5-6-19-17(12)15/h3-8,10,19H,9H2,1-2H3,(H,20,24)(H,22,23)/b21-8+. The van der Waals surface area contributed by atoms with E-state index in [4.69, 9.17) is 9.47 Å². The average molecular weight is 386 g/mol. The van der Waals surface area contributed by atoms with Gasteiger partial charge in [0.25, 0.3) is 11.8 Å². The van der Waals surface area contributed by atoms with Gasteiger partial charge in [-0.1, -0.05) is 0 Å². The monoisotopic (exact) mass is 386 g/mol. The number of amides is 2. The maximum atomic E-state index is 12.2. The molecule has 0 radical (unpaired) electrons. The number of carbonyl (C=O) groups excluding carboxylic acids is 2. The molecule has 9 heteroatoms. The number of rotatable bonds is 7. The fourth-order valence-electron chi connectivity index (χ4n) is 2.41. The second kappa shape index (κ2) is 8.37. The predicted octanol–water partition coefficient (Wildman–Crippen LogP) is 2.13. The van der Waals surface area contributed by atoms with Crippen LogP contribution >= 0.6 is 11.3 Å². The van der Waals surface area contributed by atoms with E-state index in [1.54, 1.807) is 35.8 Å². The summed E-state index contributed by atoms with van der Waals surface area (Å²) in [7, 11) is 3.00. The molecule has 1 aromatic carbocycles. The zero-order valence-corrected chi connectivity index (χ0v) is 15.6. The molecule has 0 saturated heterocycles. The quantitative estimate of drug-likeness (QED) is 0.427. The second-order valence-corrected chi connectivity index (χ2v) is 6.36. The Kier molecular flexibility index (Phi) is 5.72. The van der Waals surface area contributed by atoms with E-state index in [9.17, 15) is 9.59 Å². The minimum absolute atomic E-state index is 0.202. The van der Waals surface area contributed by atoms with Gasteiger partial charge in [0.1, 0.15) is 0 Å². The van der Waals surface area contributed by atoms with Gasteiger partial charge in [-0.2, -0.15) is 5.10 Å². The number of methoxy groups -OCH3 is 2. The van der Waals surface area contributed by atoms with Crippen molar-refractivity contribution < 1.29 is 19.1 Å². The Labute approximate surface area is 159 Å². The van der Waals surface area contributed by atoms with Crippen molar-refractivity contribution in [2.24, 2.45) is 5.10 Å². The third-order valence-corrected chi connectivity index (χ3v) is 4.72. The summed E-state index contributed by atoms with van der Waals surface area (Å²) in [4.78, 5) is 27.1. The number of ether oxygens (including phenoxy) is 2. The molecule has 0 aliphatic rings. The SMILES string of the molecule is COc1ccc(C(=O)NCC(=O)N/N=C/c2csc3cc[nH]c23)cc1OC. The second-order valence-electron chi connectivity index (χ2n) is 5.45. The summed E-state index contributed by atoms with van der Waals surface area (Å²) in [5.41, 5.74) is 4.60. The third kappa shape index (κ3) is 4.26. The van der Waals surface area contributed by atoms with Crippen LogP contribution < -0.4 is 20.2 Å². The van der Waals surface area contributed by atoms with Crippen molar-refractivity contribution in [2.45, 2.75) is 0 Å². The van der Waals surface area contributed by atoms with Gasteiger partial charge in [-0.3, -0.25) is 9.59 Å². The molecular formula is C18H18N4O4S. The number of nitrogens with zero attached hydrogens (tertiary/aromatic N) is 1. The van der Waals surface area contributed by atoms with E-state index in [1.807, 2.05) is 17.6 Å². The van der Waals surface area contributed by atoms with E-state index in [0.717, 1.165) is 15.8 Å². The van der Waals surface area contributed by atoms with Gasteiger partial charge in [0, 0.05) is 22.7 Å². The number of nitrogens with one attached hydrogen (secondary N) is 3. The molecule has 2 amide bonds. The van der Waals surface area contributed by atoms with E-state index in [1.165, 1.54) is 14.2 Å². The minimum atomic E-state index is -0.432. The molecule has 0 saturated carbocycles. The Hall–Kier alpha value is -3.33. The molecule has 0 aliphatic carbocycles. The average Bonchev–Trinajstić information content (AvgIpc) is 3.30. The lowest BCUT2D eigenvalue weighted by atomic mass is 10.2. The molecule has 0 atom stereocenters. The molecular weight excluding hydrogens is 368 g/mol. The van der Waals surface area contributed by atoms with Gasteiger partial charge in [0.15, 0.2) is 11.5 Å². The van der Waals surface area contributed by atoms with Gasteiger partial charge in [-0.25, -0.2) is 5.43 Å². The summed E-state index contributed by atoms with van der Waals surface area (Å²) in [6.45, 7) is -0.202. The van der Waals surface area contributed by atoms with Gasteiger partial charge < -0.3 is 19.8 Å². The first-order valence-electron chi connectivity index (χ1n) is 7.99. The lowest BCUT2D eigenvalue weighted by Crippen LogP contribution is -2.34. The highest BCUT2D eigenvalue weighted by atomic mass is 32.1. The van der Waals surface area contributed by atoms with Crippen LogP contribution in [0.25, 0.3) is 10.2 Å². The van der Waals surface area contributed by atoms with Crippen molar-refractivity contribution in [1.82, 2.24) is 15.7 Å². The third-order valence-electron chi connectivity index (χ3n) is 3.76. The fraction of sp³-hybridized carbons (Fsp3) is 0.167. The Morgan fingerprint density at radius 3 is 2.81 bits per heavy atom. The Morgan fingerprint density at radius 1 is 1.22 bits per heavy atom. The van der Waals surface area contributed by atoms with Gasteiger partial charge in [0.2, 0.25) is 0 Å². The summed E-state index contributed by atoms with van der Waals surface area (Å²) in [6, 6.07) is 6.73. The van der Waals surface area contributed by atoms with Crippen LogP contribution in [0.5, 0.6) is 11.5 Å². The molecule has 140 valence electrons. The molecule has 2 heterocycles. The minimum Gasteiger partial charge on any atom is -0.493 e. The number of carbonyl (C=O) groups is 2. The Morgan fingerprint density at radius 2 is 2.04 bits per heavy atom. The molecule has 0 fully saturated rings. The van der Waals surface area contributed by atoms with Crippen molar-refractivity contribution >= 4 is 39.6 Å². The van der Waals surface area contributed by atoms with Gasteiger partial charge in [-0.05, 0) is 24.3 Å². The molecule has 0 spiro atoms. The van der Waals surface area contributed by atoms with Crippen LogP contribution in [0.4, 0.5) is 0 Å². The molecule has 3 N–H and O–H groups in total. The Bertz CT molecular complexity index is 992. The summed E-state index contributed by atoms with van der Waals surface area (Å²) >= 11 is 1.59. The first-order valence-corrected chi connectivity index (χ1v) is 8.87. The zero-order valence-electron chi connectivity index (χ0n) is 14.7. The smallest absolute Gasteiger partial charge is 0.259 e. The zero-order chi connectivity index (χ0) is 19.2. The van der Waals surface area contributed by atoms with Gasteiger partial charge in [-0.15, -0.1) is 11.3 Å². The van der Waals surface area contributed by atoms with Crippen LogP contribution in [0.2, 0.25) is 0 Å². The molecule has 0 aliphatic heterocycles. The van der Waals surface area contributed by atoms with Crippen molar-refractivity contribution in [3.63, 3.8) is 0 Å². The lowest BCUT2D eigenvalue weighted by Gasteiger charge is -2.09. The van der Waals surface area contributed by atoms with Crippen molar-refractivity contribution in [2.75, 3.05) is 20.8 Å². The summed E-state index contributed by atoms with van der Waals surface area (Å²) < 4.78 is 11.4. The first-order chi connectivity index (χ1) is 13.1. The van der Waals surface area contributed by atoms with E-state index < -0.39 is 11.8 Å². The molecule has 8 nitrogen and oxygen atoms in total. The maximum Gasteiger partial charge on any atom is 0.259 e. The molecule has 0 bridgehead atoms. The number of H-pyrrole nitrogens is 1. The predicted molar refractivity (Wildman–Crippen MR) is 104 cm³/mol. The molecule has 2 aromatic heterocycles. The van der Waals surface area contributed by atoms with Crippen molar-refractivity contribution in [1.29, 1.82) is 0 Å². The van der Waals surface area contributed by atoms with E-state index in [0.29, 0.717) is 17.1 Å². The number of hydrazone groups is 1. The molecule has 3 aromatic rings. The van der Waals surface area contributed by atoms with Crippen LogP contribution in [0.15, 0.2) is 40.9 Å². The van der Waals surface area contributed by atoms with E-state index in [-0.39, 0.29) is 6.54 Å².